The molecular weight excluding hydrogens is 168 g/mol. The van der Waals surface area contributed by atoms with Crippen molar-refractivity contribution in [3.8, 4) is 0 Å². The van der Waals surface area contributed by atoms with Gasteiger partial charge in [-0.2, -0.15) is 5.10 Å². The second-order valence-corrected chi connectivity index (χ2v) is 3.22. The molecule has 0 amide bonds. The highest BCUT2D eigenvalue weighted by Gasteiger charge is 1.94. The van der Waals surface area contributed by atoms with Crippen LogP contribution in [0.4, 0.5) is 0 Å². The summed E-state index contributed by atoms with van der Waals surface area (Å²) in [4.78, 5) is 0. The van der Waals surface area contributed by atoms with Crippen molar-refractivity contribution >= 4 is 23.1 Å². The standard InChI is InChI=1S/C9H8N2S/c1-6-2-3-8-7(4-6)9(12)5-10-11-8/h2-5H,1H3,(H,11,12). The van der Waals surface area contributed by atoms with E-state index in [0.29, 0.717) is 0 Å². The number of fused-ring (bicyclic) bond motifs is 1. The summed E-state index contributed by atoms with van der Waals surface area (Å²) < 4.78 is 0.799. The first-order valence-electron chi connectivity index (χ1n) is 3.71. The number of H-pyrrole nitrogens is 1. The maximum atomic E-state index is 5.13. The van der Waals surface area contributed by atoms with Gasteiger partial charge in [-0.05, 0) is 19.1 Å². The molecule has 1 N–H and O–H groups in total. The molecule has 0 aliphatic rings. The lowest BCUT2D eigenvalue weighted by molar-refractivity contribution is 1.07. The molecule has 1 heterocycles. The largest absolute Gasteiger partial charge is 0.278 e. The highest BCUT2D eigenvalue weighted by atomic mass is 32.1. The topological polar surface area (TPSA) is 28.7 Å². The average molecular weight is 176 g/mol. The third-order valence-electron chi connectivity index (χ3n) is 1.81. The molecule has 2 rings (SSSR count). The van der Waals surface area contributed by atoms with E-state index in [0.717, 1.165) is 15.4 Å². The van der Waals surface area contributed by atoms with E-state index in [1.54, 1.807) is 6.20 Å². The summed E-state index contributed by atoms with van der Waals surface area (Å²) in [6, 6.07) is 6.10. The Kier molecular flexibility index (Phi) is 1.66. The van der Waals surface area contributed by atoms with E-state index < -0.39 is 0 Å². The van der Waals surface area contributed by atoms with Crippen molar-refractivity contribution in [1.29, 1.82) is 0 Å². The molecule has 0 bridgehead atoms. The first kappa shape index (κ1) is 7.43. The highest BCUT2D eigenvalue weighted by molar-refractivity contribution is 7.71. The van der Waals surface area contributed by atoms with Crippen LogP contribution in [0.5, 0.6) is 0 Å². The van der Waals surface area contributed by atoms with Crippen molar-refractivity contribution in [1.82, 2.24) is 10.2 Å². The van der Waals surface area contributed by atoms with Crippen LogP contribution in [-0.4, -0.2) is 10.2 Å². The van der Waals surface area contributed by atoms with Gasteiger partial charge < -0.3 is 0 Å². The van der Waals surface area contributed by atoms with Gasteiger partial charge in [0.25, 0.3) is 0 Å². The lowest BCUT2D eigenvalue weighted by Crippen LogP contribution is -1.84. The van der Waals surface area contributed by atoms with Gasteiger partial charge in [0.1, 0.15) is 0 Å². The smallest absolute Gasteiger partial charge is 0.0671 e. The quantitative estimate of drug-likeness (QED) is 0.625. The van der Waals surface area contributed by atoms with E-state index in [2.05, 4.69) is 23.2 Å². The van der Waals surface area contributed by atoms with Gasteiger partial charge in [-0.3, -0.25) is 5.10 Å². The number of nitrogens with zero attached hydrogens (tertiary/aromatic N) is 1. The molecule has 1 aromatic carbocycles. The number of hydrogen-bond acceptors (Lipinski definition) is 2. The van der Waals surface area contributed by atoms with Crippen LogP contribution in [0.1, 0.15) is 5.56 Å². The zero-order valence-corrected chi connectivity index (χ0v) is 7.48. The summed E-state index contributed by atoms with van der Waals surface area (Å²) in [6.07, 6.45) is 1.66. The van der Waals surface area contributed by atoms with Crippen LogP contribution in [0.15, 0.2) is 24.4 Å². The molecule has 60 valence electrons. The van der Waals surface area contributed by atoms with Crippen molar-refractivity contribution in [3.05, 3.63) is 34.5 Å². The van der Waals surface area contributed by atoms with Gasteiger partial charge >= 0.3 is 0 Å². The summed E-state index contributed by atoms with van der Waals surface area (Å²) in [6.45, 7) is 2.05. The monoisotopic (exact) mass is 176 g/mol. The van der Waals surface area contributed by atoms with E-state index in [1.165, 1.54) is 5.56 Å². The van der Waals surface area contributed by atoms with E-state index in [9.17, 15) is 0 Å². The Balaban J connectivity index is 2.98. The Morgan fingerprint density at radius 3 is 3.08 bits per heavy atom. The Hall–Kier alpha value is -1.22. The number of aromatic amines is 1. The first-order valence-corrected chi connectivity index (χ1v) is 4.12. The molecule has 0 unspecified atom stereocenters. The molecule has 0 fully saturated rings. The van der Waals surface area contributed by atoms with Gasteiger partial charge in [0, 0.05) is 5.39 Å². The van der Waals surface area contributed by atoms with Gasteiger partial charge in [0.05, 0.1) is 16.2 Å². The fourth-order valence-electron chi connectivity index (χ4n) is 1.19. The number of aromatic nitrogens is 2. The van der Waals surface area contributed by atoms with E-state index in [4.69, 9.17) is 12.2 Å². The zero-order valence-electron chi connectivity index (χ0n) is 6.66. The number of rotatable bonds is 0. The minimum atomic E-state index is 0.799. The van der Waals surface area contributed by atoms with Crippen molar-refractivity contribution in [2.45, 2.75) is 6.92 Å². The molecule has 0 atom stereocenters. The molecule has 2 nitrogen and oxygen atoms in total. The van der Waals surface area contributed by atoms with Gasteiger partial charge in [-0.15, -0.1) is 0 Å². The maximum Gasteiger partial charge on any atom is 0.0671 e. The molecule has 1 aromatic heterocycles. The number of nitrogens with one attached hydrogen (secondary N) is 1. The lowest BCUT2D eigenvalue weighted by Gasteiger charge is -1.97. The summed E-state index contributed by atoms with van der Waals surface area (Å²) in [7, 11) is 0. The molecule has 0 spiro atoms. The Labute approximate surface area is 75.2 Å². The normalized spacial score (nSPS) is 10.4. The molecule has 0 aliphatic carbocycles. The van der Waals surface area contributed by atoms with Crippen LogP contribution >= 0.6 is 12.2 Å². The summed E-state index contributed by atoms with van der Waals surface area (Å²) in [5.41, 5.74) is 2.21. The van der Waals surface area contributed by atoms with E-state index in [1.807, 2.05) is 12.1 Å². The fraction of sp³-hybridized carbons (Fsp3) is 0.111. The molecule has 0 saturated heterocycles. The van der Waals surface area contributed by atoms with Crippen molar-refractivity contribution < 1.29 is 0 Å². The zero-order chi connectivity index (χ0) is 8.55. The van der Waals surface area contributed by atoms with Crippen LogP contribution in [0, 0.1) is 11.4 Å². The second kappa shape index (κ2) is 2.68. The summed E-state index contributed by atoms with van der Waals surface area (Å²) in [5, 5.41) is 7.88. The van der Waals surface area contributed by atoms with Crippen LogP contribution in [-0.2, 0) is 0 Å². The van der Waals surface area contributed by atoms with Crippen molar-refractivity contribution in [2.75, 3.05) is 0 Å². The van der Waals surface area contributed by atoms with Crippen LogP contribution in [0.2, 0.25) is 0 Å². The third-order valence-corrected chi connectivity index (χ3v) is 2.13. The lowest BCUT2D eigenvalue weighted by atomic mass is 10.2. The minimum Gasteiger partial charge on any atom is -0.278 e. The molecule has 3 heteroatoms. The molecule has 2 aromatic rings. The maximum absolute atomic E-state index is 5.13. The van der Waals surface area contributed by atoms with Gasteiger partial charge in [0.15, 0.2) is 0 Å². The Bertz CT molecular complexity index is 473. The SMILES string of the molecule is Cc1ccc2[nH]ncc(=S)c2c1. The van der Waals surface area contributed by atoms with Crippen LogP contribution in [0.3, 0.4) is 0 Å². The van der Waals surface area contributed by atoms with Crippen LogP contribution < -0.4 is 0 Å². The van der Waals surface area contributed by atoms with E-state index in [-0.39, 0.29) is 0 Å². The molecule has 0 aliphatic heterocycles. The molecule has 12 heavy (non-hydrogen) atoms. The highest BCUT2D eigenvalue weighted by Crippen LogP contribution is 2.13. The molecule has 0 saturated carbocycles. The summed E-state index contributed by atoms with van der Waals surface area (Å²) in [5.74, 6) is 0. The average Bonchev–Trinajstić information content (AvgIpc) is 2.07. The van der Waals surface area contributed by atoms with Gasteiger partial charge in [-0.25, -0.2) is 0 Å². The Morgan fingerprint density at radius 1 is 1.42 bits per heavy atom. The summed E-state index contributed by atoms with van der Waals surface area (Å²) >= 11 is 5.13. The Morgan fingerprint density at radius 2 is 2.25 bits per heavy atom. The first-order chi connectivity index (χ1) is 5.77. The second-order valence-electron chi connectivity index (χ2n) is 2.78. The number of aryl methyl sites for hydroxylation is 1. The minimum absolute atomic E-state index is 0.799. The number of benzene rings is 1. The predicted molar refractivity (Wildman–Crippen MR) is 51.7 cm³/mol. The van der Waals surface area contributed by atoms with E-state index >= 15 is 0 Å². The van der Waals surface area contributed by atoms with Crippen molar-refractivity contribution in [2.24, 2.45) is 0 Å². The van der Waals surface area contributed by atoms with Crippen molar-refractivity contribution in [3.63, 3.8) is 0 Å². The fourth-order valence-corrected chi connectivity index (χ4v) is 1.41. The predicted octanol–water partition coefficient (Wildman–Crippen LogP) is 2.60. The number of hydrogen-bond donors (Lipinski definition) is 1. The third kappa shape index (κ3) is 1.12. The van der Waals surface area contributed by atoms with Crippen LogP contribution in [0.25, 0.3) is 10.9 Å². The molecular formula is C9H8N2S. The van der Waals surface area contributed by atoms with Gasteiger partial charge in [-0.1, -0.05) is 23.8 Å². The molecule has 0 radical (unpaired) electrons. The van der Waals surface area contributed by atoms with Gasteiger partial charge in [0.2, 0.25) is 0 Å².